The van der Waals surface area contributed by atoms with E-state index in [4.69, 9.17) is 0 Å². The third kappa shape index (κ3) is 50.9. The van der Waals surface area contributed by atoms with Gasteiger partial charge < -0.3 is 13.7 Å². The number of hydrogen-bond acceptors (Lipinski definition) is 9. The van der Waals surface area contributed by atoms with Gasteiger partial charge in [0, 0.05) is 0 Å². The van der Waals surface area contributed by atoms with E-state index >= 15 is 0 Å². The molecule has 0 spiro atoms. The molecule has 13 heteroatoms. The molecule has 0 atom stereocenters. The van der Waals surface area contributed by atoms with Crippen LogP contribution in [0.25, 0.3) is 0 Å². The average Bonchev–Trinajstić information content (AvgIpc) is 2.12. The van der Waals surface area contributed by atoms with E-state index in [1.54, 1.807) is 0 Å². The van der Waals surface area contributed by atoms with Gasteiger partial charge in [0.25, 0.3) is 0 Å². The van der Waals surface area contributed by atoms with Crippen LogP contribution in [0.3, 0.4) is 0 Å². The minimum atomic E-state index is -4.04. The molecule has 126 valence electrons. The molecule has 9 nitrogen and oxygen atoms in total. The topological polar surface area (TPSA) is 172 Å². The Kier molecular flexibility index (Phi) is 18.1. The van der Waals surface area contributed by atoms with Gasteiger partial charge in [0.15, 0.2) is 0 Å². The van der Waals surface area contributed by atoms with E-state index < -0.39 is 47.6 Å². The zero-order valence-electron chi connectivity index (χ0n) is 11.5. The van der Waals surface area contributed by atoms with Crippen molar-refractivity contribution in [3.8, 4) is 0 Å². The Balaban J connectivity index is -0.000000108. The van der Waals surface area contributed by atoms with E-state index in [9.17, 15) is 38.9 Å². The molecule has 0 aliphatic carbocycles. The van der Waals surface area contributed by atoms with Crippen molar-refractivity contribution in [2.75, 3.05) is 17.3 Å². The molecule has 0 aromatic rings. The summed E-state index contributed by atoms with van der Waals surface area (Å²) in [6.45, 7) is 9.20. The van der Waals surface area contributed by atoms with Crippen LogP contribution in [0, 0.1) is 0 Å². The smallest absolute Gasteiger partial charge is 0.748 e. The van der Waals surface area contributed by atoms with Gasteiger partial charge in [-0.1, -0.05) is 18.2 Å². The quantitative estimate of drug-likeness (QED) is 0.313. The van der Waals surface area contributed by atoms with Gasteiger partial charge in [-0.05, 0) is 0 Å². The molecule has 0 radical (unpaired) electrons. The van der Waals surface area contributed by atoms with E-state index in [1.165, 1.54) is 0 Å². The molecular formula is C9H15BO9S3. The first-order chi connectivity index (χ1) is 9.18. The minimum Gasteiger partial charge on any atom is -0.748 e. The first-order valence-electron chi connectivity index (χ1n) is 4.82. The van der Waals surface area contributed by atoms with Crippen LogP contribution in [-0.4, -0.2) is 64.6 Å². The van der Waals surface area contributed by atoms with Crippen molar-refractivity contribution in [1.29, 1.82) is 0 Å². The zero-order chi connectivity index (χ0) is 17.7. The van der Waals surface area contributed by atoms with Crippen molar-refractivity contribution in [1.82, 2.24) is 0 Å². The second-order valence-corrected chi connectivity index (χ2v) is 7.39. The molecule has 0 aromatic heterocycles. The summed E-state index contributed by atoms with van der Waals surface area (Å²) < 4.78 is 86.4. The molecule has 0 aromatic carbocycles. The second kappa shape index (κ2) is 13.7. The molecule has 0 aliphatic heterocycles. The third-order valence-electron chi connectivity index (χ3n) is 0.966. The van der Waals surface area contributed by atoms with Crippen molar-refractivity contribution in [3.05, 3.63) is 38.0 Å². The van der Waals surface area contributed by atoms with Crippen molar-refractivity contribution < 1.29 is 38.9 Å². The van der Waals surface area contributed by atoms with Crippen LogP contribution in [0.4, 0.5) is 0 Å². The van der Waals surface area contributed by atoms with E-state index in [-0.39, 0.29) is 8.41 Å². The van der Waals surface area contributed by atoms with Crippen LogP contribution in [0.5, 0.6) is 0 Å². The fourth-order valence-corrected chi connectivity index (χ4v) is 1.30. The molecule has 0 amide bonds. The largest absolute Gasteiger partial charge is 3.00 e. The molecule has 0 saturated heterocycles. The summed E-state index contributed by atoms with van der Waals surface area (Å²) >= 11 is 0. The summed E-state index contributed by atoms with van der Waals surface area (Å²) in [5.74, 6) is -1.44. The maximum Gasteiger partial charge on any atom is 3.00 e. The Bertz CT molecular complexity index is 527. The zero-order valence-corrected chi connectivity index (χ0v) is 13.9. The van der Waals surface area contributed by atoms with Gasteiger partial charge in [0.1, 0.15) is 0 Å². The number of hydrogen-bond donors (Lipinski definition) is 0. The Labute approximate surface area is 133 Å². The molecule has 0 N–H and O–H groups in total. The van der Waals surface area contributed by atoms with Crippen LogP contribution < -0.4 is 0 Å². The van der Waals surface area contributed by atoms with Crippen LogP contribution in [-0.2, 0) is 30.4 Å². The molecule has 0 aliphatic rings. The Morgan fingerprint density at radius 3 is 0.727 bits per heavy atom. The number of rotatable bonds is 6. The van der Waals surface area contributed by atoms with Crippen molar-refractivity contribution in [2.24, 2.45) is 0 Å². The predicted molar refractivity (Wildman–Crippen MR) is 80.0 cm³/mol. The summed E-state index contributed by atoms with van der Waals surface area (Å²) in [5, 5.41) is 0. The molecule has 22 heavy (non-hydrogen) atoms. The van der Waals surface area contributed by atoms with Crippen molar-refractivity contribution >= 4 is 38.8 Å². The summed E-state index contributed by atoms with van der Waals surface area (Å²) in [5.41, 5.74) is 0. The minimum absolute atomic E-state index is 0. The molecule has 0 fully saturated rings. The maximum absolute atomic E-state index is 9.60. The average molecular weight is 374 g/mol. The van der Waals surface area contributed by atoms with Crippen LogP contribution in [0.15, 0.2) is 38.0 Å². The Morgan fingerprint density at radius 1 is 0.591 bits per heavy atom. The van der Waals surface area contributed by atoms with Gasteiger partial charge in [-0.25, -0.2) is 25.3 Å². The second-order valence-electron chi connectivity index (χ2n) is 3.04. The molecular weight excluding hydrogens is 359 g/mol. The van der Waals surface area contributed by atoms with Crippen LogP contribution in [0.2, 0.25) is 0 Å². The SMILES string of the molecule is C=CCS(=O)(=O)[O-].C=CCS(=O)(=O)[O-].C=CCS(=O)(=O)[O-].[B+3]. The van der Waals surface area contributed by atoms with E-state index in [0.717, 1.165) is 18.2 Å². The molecule has 0 saturated carbocycles. The molecule has 0 heterocycles. The normalized spacial score (nSPS) is 10.5. The van der Waals surface area contributed by atoms with Gasteiger partial charge in [-0.2, -0.15) is 0 Å². The maximum atomic E-state index is 9.60. The van der Waals surface area contributed by atoms with Crippen LogP contribution >= 0.6 is 0 Å². The predicted octanol–water partition coefficient (Wildman–Crippen LogP) is -1.23. The van der Waals surface area contributed by atoms with E-state index in [0.29, 0.717) is 0 Å². The summed E-state index contributed by atoms with van der Waals surface area (Å²) in [7, 11) is -12.1. The van der Waals surface area contributed by atoms with Crippen molar-refractivity contribution in [2.45, 2.75) is 0 Å². The molecule has 0 bridgehead atoms. The van der Waals surface area contributed by atoms with Gasteiger partial charge in [-0.15, -0.1) is 19.7 Å². The van der Waals surface area contributed by atoms with Gasteiger partial charge >= 0.3 is 8.41 Å². The van der Waals surface area contributed by atoms with E-state index in [2.05, 4.69) is 19.7 Å². The first kappa shape index (κ1) is 29.1. The van der Waals surface area contributed by atoms with Gasteiger partial charge in [0.2, 0.25) is 0 Å². The fraction of sp³-hybridized carbons (Fsp3) is 0.333. The fourth-order valence-electron chi connectivity index (χ4n) is 0.433. The van der Waals surface area contributed by atoms with Crippen LogP contribution in [0.1, 0.15) is 0 Å². The molecule has 0 rings (SSSR count). The monoisotopic (exact) mass is 374 g/mol. The van der Waals surface area contributed by atoms with Gasteiger partial charge in [-0.3, -0.25) is 0 Å². The Morgan fingerprint density at radius 2 is 0.727 bits per heavy atom. The summed E-state index contributed by atoms with van der Waals surface area (Å²) in [6.07, 6.45) is 3.17. The van der Waals surface area contributed by atoms with Crippen molar-refractivity contribution in [3.63, 3.8) is 0 Å². The summed E-state index contributed by atoms with van der Waals surface area (Å²) in [6, 6.07) is 0. The standard InChI is InChI=1S/3C3H6O3S.B/c3*1-2-3-7(4,5)6;/h3*2H,1,3H2,(H,4,5,6);/q;;;+3/p-3. The Hall–Kier alpha value is -0.985. The first-order valence-corrected chi connectivity index (χ1v) is 9.55. The molecule has 0 unspecified atom stereocenters. The van der Waals surface area contributed by atoms with Gasteiger partial charge in [0.05, 0.1) is 47.6 Å². The third-order valence-corrected chi connectivity index (χ3v) is 2.90. The van der Waals surface area contributed by atoms with E-state index in [1.807, 2.05) is 0 Å². The summed E-state index contributed by atoms with van der Waals surface area (Å²) in [4.78, 5) is 0.